The molecule has 3 N–H and O–H groups in total. The first-order valence-corrected chi connectivity index (χ1v) is 9.76. The summed E-state index contributed by atoms with van der Waals surface area (Å²) in [5.74, 6) is 1.14. The second-order valence-corrected chi connectivity index (χ2v) is 7.42. The van der Waals surface area contributed by atoms with Crippen molar-refractivity contribution in [2.45, 2.75) is 0 Å². The number of pyridine rings is 1. The standard InChI is InChI=1S/C21H16IN5O2/c1-29-17-10-13(22)9-15-18(17)26-20(12-5-4-8-24-11-12)27-21(15)25-16-7-3-2-6-14(16)19(23)28/h2-11H,1H3,(H2,23,28)(H,25,26,27). The van der Waals surface area contributed by atoms with Crippen molar-refractivity contribution < 1.29 is 9.53 Å². The molecule has 2 aromatic carbocycles. The number of aromatic nitrogens is 3. The average molecular weight is 497 g/mol. The Morgan fingerprint density at radius 1 is 1.14 bits per heavy atom. The predicted molar refractivity (Wildman–Crippen MR) is 120 cm³/mol. The smallest absolute Gasteiger partial charge is 0.250 e. The van der Waals surface area contributed by atoms with Gasteiger partial charge in [0.25, 0.3) is 5.91 Å². The maximum atomic E-state index is 11.8. The molecule has 0 aliphatic rings. The van der Waals surface area contributed by atoms with Crippen LogP contribution in [0, 0.1) is 3.57 Å². The third kappa shape index (κ3) is 3.83. The van der Waals surface area contributed by atoms with Gasteiger partial charge < -0.3 is 15.8 Å². The van der Waals surface area contributed by atoms with Crippen molar-refractivity contribution in [2.24, 2.45) is 5.73 Å². The summed E-state index contributed by atoms with van der Waals surface area (Å²) in [4.78, 5) is 25.4. The number of ether oxygens (including phenoxy) is 1. The Labute approximate surface area is 180 Å². The van der Waals surface area contributed by atoms with Crippen LogP contribution in [-0.2, 0) is 0 Å². The number of benzene rings is 2. The van der Waals surface area contributed by atoms with Crippen molar-refractivity contribution in [1.82, 2.24) is 15.0 Å². The lowest BCUT2D eigenvalue weighted by molar-refractivity contribution is 0.100. The Hall–Kier alpha value is -3.27. The van der Waals surface area contributed by atoms with Gasteiger partial charge in [-0.15, -0.1) is 0 Å². The van der Waals surface area contributed by atoms with Crippen LogP contribution in [-0.4, -0.2) is 28.0 Å². The third-order valence-electron chi connectivity index (χ3n) is 4.32. The molecular formula is C21H16IN5O2. The number of nitrogens with zero attached hydrogens (tertiary/aromatic N) is 3. The van der Waals surface area contributed by atoms with E-state index in [0.29, 0.717) is 34.2 Å². The number of hydrogen-bond acceptors (Lipinski definition) is 6. The quantitative estimate of drug-likeness (QED) is 0.402. The maximum Gasteiger partial charge on any atom is 0.250 e. The fourth-order valence-electron chi connectivity index (χ4n) is 2.98. The molecule has 0 atom stereocenters. The first-order chi connectivity index (χ1) is 14.1. The van der Waals surface area contributed by atoms with E-state index in [0.717, 1.165) is 14.5 Å². The van der Waals surface area contributed by atoms with Crippen molar-refractivity contribution in [3.8, 4) is 17.1 Å². The Kier molecular flexibility index (Phi) is 5.26. The van der Waals surface area contributed by atoms with E-state index in [1.54, 1.807) is 37.7 Å². The van der Waals surface area contributed by atoms with E-state index >= 15 is 0 Å². The van der Waals surface area contributed by atoms with Gasteiger partial charge in [0.05, 0.1) is 18.4 Å². The minimum atomic E-state index is -0.522. The van der Waals surface area contributed by atoms with Gasteiger partial charge in [-0.25, -0.2) is 9.97 Å². The topological polar surface area (TPSA) is 103 Å². The maximum absolute atomic E-state index is 11.8. The lowest BCUT2D eigenvalue weighted by Gasteiger charge is -2.15. The average Bonchev–Trinajstić information content (AvgIpc) is 2.74. The van der Waals surface area contributed by atoms with Crippen molar-refractivity contribution >= 4 is 50.9 Å². The molecule has 0 spiro atoms. The van der Waals surface area contributed by atoms with Crippen LogP contribution in [0.2, 0.25) is 0 Å². The largest absolute Gasteiger partial charge is 0.494 e. The van der Waals surface area contributed by atoms with Gasteiger partial charge in [0, 0.05) is 26.9 Å². The van der Waals surface area contributed by atoms with E-state index in [-0.39, 0.29) is 0 Å². The number of carbonyl (C=O) groups excluding carboxylic acids is 1. The molecule has 8 heteroatoms. The van der Waals surface area contributed by atoms with Gasteiger partial charge in [0.15, 0.2) is 5.82 Å². The zero-order chi connectivity index (χ0) is 20.4. The molecule has 2 heterocycles. The van der Waals surface area contributed by atoms with Crippen LogP contribution < -0.4 is 15.8 Å². The minimum Gasteiger partial charge on any atom is -0.494 e. The number of carbonyl (C=O) groups is 1. The molecule has 2 aromatic heterocycles. The lowest BCUT2D eigenvalue weighted by atomic mass is 10.1. The van der Waals surface area contributed by atoms with Gasteiger partial charge >= 0.3 is 0 Å². The van der Waals surface area contributed by atoms with Crippen LogP contribution in [0.15, 0.2) is 60.9 Å². The van der Waals surface area contributed by atoms with Gasteiger partial charge in [-0.2, -0.15) is 0 Å². The van der Waals surface area contributed by atoms with E-state index < -0.39 is 5.91 Å². The van der Waals surface area contributed by atoms with E-state index in [4.69, 9.17) is 20.4 Å². The highest BCUT2D eigenvalue weighted by molar-refractivity contribution is 14.1. The van der Waals surface area contributed by atoms with Crippen molar-refractivity contribution in [2.75, 3.05) is 12.4 Å². The molecule has 4 aromatic rings. The minimum absolute atomic E-state index is 0.375. The molecule has 0 aliphatic heterocycles. The van der Waals surface area contributed by atoms with Crippen LogP contribution >= 0.6 is 22.6 Å². The molecule has 0 unspecified atom stereocenters. The number of amides is 1. The zero-order valence-corrected chi connectivity index (χ0v) is 17.5. The van der Waals surface area contributed by atoms with E-state index in [1.807, 2.05) is 30.3 Å². The Morgan fingerprint density at radius 3 is 2.69 bits per heavy atom. The predicted octanol–water partition coefficient (Wildman–Crippen LogP) is 4.15. The molecule has 29 heavy (non-hydrogen) atoms. The van der Waals surface area contributed by atoms with Gasteiger partial charge in [-0.05, 0) is 59.0 Å². The number of halogens is 1. The number of rotatable bonds is 5. The number of hydrogen-bond donors (Lipinski definition) is 2. The van der Waals surface area contributed by atoms with Crippen LogP contribution in [0.5, 0.6) is 5.75 Å². The molecule has 0 aliphatic carbocycles. The highest BCUT2D eigenvalue weighted by Gasteiger charge is 2.16. The highest BCUT2D eigenvalue weighted by Crippen LogP contribution is 2.34. The van der Waals surface area contributed by atoms with Crippen molar-refractivity contribution in [1.29, 1.82) is 0 Å². The van der Waals surface area contributed by atoms with Gasteiger partial charge in [-0.1, -0.05) is 12.1 Å². The number of primary amides is 1. The summed E-state index contributed by atoms with van der Waals surface area (Å²) in [7, 11) is 1.60. The normalized spacial score (nSPS) is 10.7. The van der Waals surface area contributed by atoms with Crippen LogP contribution in [0.25, 0.3) is 22.3 Å². The second kappa shape index (κ2) is 8.00. The first-order valence-electron chi connectivity index (χ1n) is 8.68. The number of methoxy groups -OCH3 is 1. The molecule has 0 saturated carbocycles. The Balaban J connectivity index is 1.97. The molecule has 0 saturated heterocycles. The number of anilines is 2. The zero-order valence-electron chi connectivity index (χ0n) is 15.4. The number of fused-ring (bicyclic) bond motifs is 1. The van der Waals surface area contributed by atoms with Gasteiger partial charge in [0.1, 0.15) is 17.1 Å². The summed E-state index contributed by atoms with van der Waals surface area (Å²) in [5, 5.41) is 4.02. The van der Waals surface area contributed by atoms with E-state index in [2.05, 4.69) is 32.9 Å². The summed E-state index contributed by atoms with van der Waals surface area (Å²) in [6.45, 7) is 0. The monoisotopic (exact) mass is 497 g/mol. The van der Waals surface area contributed by atoms with E-state index in [9.17, 15) is 4.79 Å². The third-order valence-corrected chi connectivity index (χ3v) is 4.94. The summed E-state index contributed by atoms with van der Waals surface area (Å²) < 4.78 is 6.52. The number of para-hydroxylation sites is 1. The molecular weight excluding hydrogens is 481 g/mol. The molecule has 1 amide bonds. The molecule has 7 nitrogen and oxygen atoms in total. The fourth-order valence-corrected chi connectivity index (χ4v) is 3.57. The van der Waals surface area contributed by atoms with Crippen molar-refractivity contribution in [3.05, 3.63) is 70.1 Å². The molecule has 144 valence electrons. The molecule has 0 radical (unpaired) electrons. The highest BCUT2D eigenvalue weighted by atomic mass is 127. The first kappa shape index (κ1) is 19.1. The summed E-state index contributed by atoms with van der Waals surface area (Å²) in [6, 6.07) is 14.6. The van der Waals surface area contributed by atoms with E-state index in [1.165, 1.54) is 0 Å². The summed E-state index contributed by atoms with van der Waals surface area (Å²) in [6.07, 6.45) is 3.39. The second-order valence-electron chi connectivity index (χ2n) is 6.18. The number of nitrogens with two attached hydrogens (primary N) is 1. The van der Waals surface area contributed by atoms with Crippen LogP contribution in [0.3, 0.4) is 0 Å². The van der Waals surface area contributed by atoms with Crippen LogP contribution in [0.1, 0.15) is 10.4 Å². The Bertz CT molecular complexity index is 1210. The SMILES string of the molecule is COc1cc(I)cc2c(Nc3ccccc3C(N)=O)nc(-c3cccnc3)nc12. The Morgan fingerprint density at radius 2 is 1.97 bits per heavy atom. The molecule has 0 bridgehead atoms. The lowest BCUT2D eigenvalue weighted by Crippen LogP contribution is -2.13. The van der Waals surface area contributed by atoms with Gasteiger partial charge in [-0.3, -0.25) is 9.78 Å². The molecule has 4 rings (SSSR count). The summed E-state index contributed by atoms with van der Waals surface area (Å²) >= 11 is 2.21. The summed E-state index contributed by atoms with van der Waals surface area (Å²) in [5.41, 5.74) is 7.89. The number of nitrogens with one attached hydrogen (secondary N) is 1. The van der Waals surface area contributed by atoms with Gasteiger partial charge in [0.2, 0.25) is 0 Å². The van der Waals surface area contributed by atoms with Crippen molar-refractivity contribution in [3.63, 3.8) is 0 Å². The van der Waals surface area contributed by atoms with Crippen LogP contribution in [0.4, 0.5) is 11.5 Å². The fraction of sp³-hybridized carbons (Fsp3) is 0.0476. The molecule has 0 fully saturated rings.